The number of hydrogen-bond donors (Lipinski definition) is 2. The molecule has 0 aliphatic heterocycles. The van der Waals surface area contributed by atoms with E-state index in [2.05, 4.69) is 10.9 Å². The van der Waals surface area contributed by atoms with Gasteiger partial charge in [-0.05, 0) is 18.2 Å². The molecule has 0 saturated heterocycles. The molecular formula is C17H13Cl3N2O3. The highest BCUT2D eigenvalue weighted by molar-refractivity contribution is 6.41. The van der Waals surface area contributed by atoms with Gasteiger partial charge in [0.15, 0.2) is 5.76 Å². The molecule has 0 bridgehead atoms. The summed E-state index contributed by atoms with van der Waals surface area (Å²) in [6.45, 7) is 0.238. The minimum absolute atomic E-state index is 0.150. The molecule has 0 saturated carbocycles. The van der Waals surface area contributed by atoms with E-state index in [9.17, 15) is 4.79 Å². The fourth-order valence-electron chi connectivity index (χ4n) is 2.41. The lowest BCUT2D eigenvalue weighted by Gasteiger charge is -2.11. The third-order valence-corrected chi connectivity index (χ3v) is 4.32. The molecule has 130 valence electrons. The van der Waals surface area contributed by atoms with Crippen molar-refractivity contribution in [3.05, 3.63) is 62.8 Å². The molecule has 0 aliphatic rings. The van der Waals surface area contributed by atoms with E-state index in [0.29, 0.717) is 21.9 Å². The van der Waals surface area contributed by atoms with Crippen LogP contribution in [0.3, 0.4) is 0 Å². The summed E-state index contributed by atoms with van der Waals surface area (Å²) in [6.07, 6.45) is 0. The monoisotopic (exact) mass is 398 g/mol. The Morgan fingerprint density at radius 1 is 1.16 bits per heavy atom. The first-order chi connectivity index (χ1) is 12.0. The van der Waals surface area contributed by atoms with Crippen LogP contribution in [-0.4, -0.2) is 13.0 Å². The number of rotatable bonds is 5. The average molecular weight is 400 g/mol. The number of carbonyl (C=O) groups is 1. The molecule has 1 heterocycles. The predicted octanol–water partition coefficient (Wildman–Crippen LogP) is 5.30. The van der Waals surface area contributed by atoms with E-state index in [1.54, 1.807) is 13.2 Å². The second kappa shape index (κ2) is 7.54. The largest absolute Gasteiger partial charge is 0.450 e. The molecule has 0 radical (unpaired) electrons. The Labute approximate surface area is 158 Å². The number of hydrazine groups is 1. The van der Waals surface area contributed by atoms with E-state index < -0.39 is 5.91 Å². The third kappa shape index (κ3) is 3.70. The molecule has 25 heavy (non-hydrogen) atoms. The SMILES string of the molecule is COCc1c(C(=O)NNc2c(Cl)cc(Cl)cc2Cl)oc2ccccc12. The first-order valence-electron chi connectivity index (χ1n) is 7.21. The van der Waals surface area contributed by atoms with Crippen LogP contribution >= 0.6 is 34.8 Å². The zero-order valence-corrected chi connectivity index (χ0v) is 15.3. The number of hydrogen-bond acceptors (Lipinski definition) is 4. The van der Waals surface area contributed by atoms with Crippen molar-refractivity contribution >= 4 is 57.4 Å². The summed E-state index contributed by atoms with van der Waals surface area (Å²) in [4.78, 5) is 12.5. The van der Waals surface area contributed by atoms with Crippen LogP contribution in [0.15, 0.2) is 40.8 Å². The summed E-state index contributed by atoms with van der Waals surface area (Å²) in [6, 6.07) is 10.4. The number of amides is 1. The van der Waals surface area contributed by atoms with Gasteiger partial charge in [-0.1, -0.05) is 53.0 Å². The number of furan rings is 1. The van der Waals surface area contributed by atoms with E-state index in [1.165, 1.54) is 12.1 Å². The number of methoxy groups -OCH3 is 1. The van der Waals surface area contributed by atoms with Crippen molar-refractivity contribution in [2.24, 2.45) is 0 Å². The maximum Gasteiger partial charge on any atom is 0.305 e. The van der Waals surface area contributed by atoms with Crippen LogP contribution in [0.5, 0.6) is 0 Å². The van der Waals surface area contributed by atoms with E-state index in [1.807, 2.05) is 18.2 Å². The molecule has 0 aliphatic carbocycles. The van der Waals surface area contributed by atoms with Gasteiger partial charge in [-0.25, -0.2) is 0 Å². The van der Waals surface area contributed by atoms with Crippen LogP contribution in [0.1, 0.15) is 16.1 Å². The number of halogens is 3. The molecular weight excluding hydrogens is 387 g/mol. The molecule has 0 unspecified atom stereocenters. The molecule has 3 rings (SSSR count). The normalized spacial score (nSPS) is 10.9. The Morgan fingerprint density at radius 2 is 1.84 bits per heavy atom. The number of para-hydroxylation sites is 1. The quantitative estimate of drug-likeness (QED) is 0.572. The summed E-state index contributed by atoms with van der Waals surface area (Å²) in [5, 5.41) is 1.77. The average Bonchev–Trinajstić information content (AvgIpc) is 2.93. The van der Waals surface area contributed by atoms with Crippen LogP contribution in [-0.2, 0) is 11.3 Å². The molecule has 1 amide bonds. The van der Waals surface area contributed by atoms with Crippen LogP contribution in [0, 0.1) is 0 Å². The minimum atomic E-state index is -0.481. The maximum absolute atomic E-state index is 12.5. The number of ether oxygens (including phenoxy) is 1. The molecule has 0 atom stereocenters. The van der Waals surface area contributed by atoms with Crippen molar-refractivity contribution in [1.82, 2.24) is 5.43 Å². The Bertz CT molecular complexity index is 917. The van der Waals surface area contributed by atoms with Crippen LogP contribution in [0.2, 0.25) is 15.1 Å². The molecule has 2 aromatic carbocycles. The lowest BCUT2D eigenvalue weighted by atomic mass is 10.1. The lowest BCUT2D eigenvalue weighted by Crippen LogP contribution is -2.30. The van der Waals surface area contributed by atoms with Gasteiger partial charge in [0.05, 0.1) is 22.3 Å². The second-order valence-electron chi connectivity index (χ2n) is 5.16. The van der Waals surface area contributed by atoms with Gasteiger partial charge in [0.1, 0.15) is 5.58 Å². The molecule has 5 nitrogen and oxygen atoms in total. The van der Waals surface area contributed by atoms with Crippen molar-refractivity contribution in [2.75, 3.05) is 12.5 Å². The van der Waals surface area contributed by atoms with Crippen LogP contribution in [0.25, 0.3) is 11.0 Å². The van der Waals surface area contributed by atoms with E-state index in [-0.39, 0.29) is 22.4 Å². The lowest BCUT2D eigenvalue weighted by molar-refractivity contribution is 0.0931. The van der Waals surface area contributed by atoms with Crippen molar-refractivity contribution < 1.29 is 13.9 Å². The third-order valence-electron chi connectivity index (χ3n) is 3.50. The van der Waals surface area contributed by atoms with Crippen LogP contribution in [0.4, 0.5) is 5.69 Å². The Balaban J connectivity index is 1.87. The van der Waals surface area contributed by atoms with Gasteiger partial charge in [-0.3, -0.25) is 15.6 Å². The van der Waals surface area contributed by atoms with E-state index >= 15 is 0 Å². The van der Waals surface area contributed by atoms with Crippen molar-refractivity contribution in [3.8, 4) is 0 Å². The first-order valence-corrected chi connectivity index (χ1v) is 8.35. The highest BCUT2D eigenvalue weighted by Gasteiger charge is 2.20. The van der Waals surface area contributed by atoms with Gasteiger partial charge in [-0.2, -0.15) is 0 Å². The number of benzene rings is 2. The van der Waals surface area contributed by atoms with Gasteiger partial charge < -0.3 is 9.15 Å². The topological polar surface area (TPSA) is 63.5 Å². The summed E-state index contributed by atoms with van der Waals surface area (Å²) >= 11 is 18.0. The van der Waals surface area contributed by atoms with E-state index in [0.717, 1.165) is 5.39 Å². The Kier molecular flexibility index (Phi) is 5.39. The van der Waals surface area contributed by atoms with Gasteiger partial charge in [0, 0.05) is 23.1 Å². The van der Waals surface area contributed by atoms with Gasteiger partial charge in [0.25, 0.3) is 0 Å². The molecule has 2 N–H and O–H groups in total. The Hall–Kier alpha value is -1.92. The summed E-state index contributed by atoms with van der Waals surface area (Å²) in [5.74, 6) is -0.331. The van der Waals surface area contributed by atoms with Crippen molar-refractivity contribution in [1.29, 1.82) is 0 Å². The standard InChI is InChI=1S/C17H13Cl3N2O3/c1-24-8-11-10-4-2-3-5-14(10)25-16(11)17(23)22-21-15-12(19)6-9(18)7-13(15)20/h2-7,21H,8H2,1H3,(H,22,23). The smallest absolute Gasteiger partial charge is 0.305 e. The minimum Gasteiger partial charge on any atom is -0.450 e. The fraction of sp³-hybridized carbons (Fsp3) is 0.118. The number of carbonyl (C=O) groups excluding carboxylic acids is 1. The predicted molar refractivity (Wildman–Crippen MR) is 99.5 cm³/mol. The molecule has 1 aromatic heterocycles. The van der Waals surface area contributed by atoms with Gasteiger partial charge >= 0.3 is 5.91 Å². The zero-order valence-electron chi connectivity index (χ0n) is 13.0. The zero-order chi connectivity index (χ0) is 18.0. The van der Waals surface area contributed by atoms with Crippen molar-refractivity contribution in [3.63, 3.8) is 0 Å². The number of fused-ring (bicyclic) bond motifs is 1. The molecule has 8 heteroatoms. The molecule has 3 aromatic rings. The molecule has 0 spiro atoms. The second-order valence-corrected chi connectivity index (χ2v) is 6.41. The summed E-state index contributed by atoms with van der Waals surface area (Å²) in [7, 11) is 1.55. The van der Waals surface area contributed by atoms with Gasteiger partial charge in [0.2, 0.25) is 0 Å². The Morgan fingerprint density at radius 3 is 2.52 bits per heavy atom. The number of nitrogens with one attached hydrogen (secondary N) is 2. The highest BCUT2D eigenvalue weighted by atomic mass is 35.5. The number of anilines is 1. The molecule has 0 fully saturated rings. The maximum atomic E-state index is 12.5. The van der Waals surface area contributed by atoms with Gasteiger partial charge in [-0.15, -0.1) is 0 Å². The first kappa shape index (κ1) is 17.9. The van der Waals surface area contributed by atoms with Crippen molar-refractivity contribution in [2.45, 2.75) is 6.61 Å². The van der Waals surface area contributed by atoms with E-state index in [4.69, 9.17) is 44.0 Å². The van der Waals surface area contributed by atoms with Crippen LogP contribution < -0.4 is 10.9 Å². The summed E-state index contributed by atoms with van der Waals surface area (Å²) < 4.78 is 10.8. The summed E-state index contributed by atoms with van der Waals surface area (Å²) in [5.41, 5.74) is 6.82. The highest BCUT2D eigenvalue weighted by Crippen LogP contribution is 2.33. The fourth-order valence-corrected chi connectivity index (χ4v) is 3.32.